The molecule has 3 amide bonds. The van der Waals surface area contributed by atoms with Gasteiger partial charge < -0.3 is 15.1 Å². The van der Waals surface area contributed by atoms with Crippen molar-refractivity contribution in [1.29, 1.82) is 0 Å². The van der Waals surface area contributed by atoms with Gasteiger partial charge in [-0.2, -0.15) is 0 Å². The van der Waals surface area contributed by atoms with Gasteiger partial charge in [0.2, 0.25) is 11.9 Å². The van der Waals surface area contributed by atoms with Crippen molar-refractivity contribution in [3.8, 4) is 0 Å². The van der Waals surface area contributed by atoms with E-state index in [4.69, 9.17) is 0 Å². The first-order valence-corrected chi connectivity index (χ1v) is 11.2. The molecule has 34 heavy (non-hydrogen) atoms. The molecule has 0 bridgehead atoms. The number of anilines is 3. The van der Waals surface area contributed by atoms with Crippen LogP contribution in [0.2, 0.25) is 0 Å². The number of nitrogens with zero attached hydrogens (tertiary/aromatic N) is 5. The van der Waals surface area contributed by atoms with Crippen LogP contribution in [0.4, 0.5) is 17.3 Å². The first-order valence-electron chi connectivity index (χ1n) is 11.2. The Hall–Kier alpha value is -4.27. The molecule has 1 saturated heterocycles. The normalized spacial score (nSPS) is 16.4. The second kappa shape index (κ2) is 8.93. The summed E-state index contributed by atoms with van der Waals surface area (Å²) in [6, 6.07) is 15.9. The fraction of sp³-hybridized carbons (Fsp3) is 0.240. The number of aromatic nitrogens is 2. The predicted octanol–water partition coefficient (Wildman–Crippen LogP) is 2.43. The van der Waals surface area contributed by atoms with Gasteiger partial charge in [-0.15, -0.1) is 0 Å². The molecular weight excluding hydrogens is 432 g/mol. The van der Waals surface area contributed by atoms with Crippen LogP contribution < -0.4 is 15.1 Å². The van der Waals surface area contributed by atoms with Crippen molar-refractivity contribution >= 4 is 35.0 Å². The molecule has 1 unspecified atom stereocenters. The summed E-state index contributed by atoms with van der Waals surface area (Å²) in [4.78, 5) is 52.3. The summed E-state index contributed by atoms with van der Waals surface area (Å²) in [6.45, 7) is 4.83. The first-order chi connectivity index (χ1) is 16.5. The minimum atomic E-state index is -0.974. The zero-order valence-corrected chi connectivity index (χ0v) is 18.7. The van der Waals surface area contributed by atoms with Gasteiger partial charge in [0.05, 0.1) is 29.2 Å². The number of hydrogen-bond donors (Lipinski definition) is 1. The van der Waals surface area contributed by atoms with Gasteiger partial charge in [-0.05, 0) is 31.2 Å². The summed E-state index contributed by atoms with van der Waals surface area (Å²) in [5, 5.41) is 2.71. The number of piperazine rings is 1. The number of carbonyl (C=O) groups excluding carboxylic acids is 3. The summed E-state index contributed by atoms with van der Waals surface area (Å²) in [5.74, 6) is -0.824. The predicted molar refractivity (Wildman–Crippen MR) is 128 cm³/mol. The van der Waals surface area contributed by atoms with E-state index in [9.17, 15) is 14.4 Å². The Bertz CT molecular complexity index is 1190. The Labute approximate surface area is 197 Å². The van der Waals surface area contributed by atoms with E-state index in [1.54, 1.807) is 36.7 Å². The van der Waals surface area contributed by atoms with Gasteiger partial charge in [-0.25, -0.2) is 9.97 Å². The standard InChI is InChI=1S/C25H24N6O3/c1-17(31-23(33)20-9-5-6-10-21(20)24(31)34)22(32)28-18-15-26-25(27-16-18)30-13-11-29(12-14-30)19-7-3-2-4-8-19/h2-10,15-17H,11-14H2,1H3,(H,28,32). The Morgan fingerprint density at radius 2 is 1.35 bits per heavy atom. The van der Waals surface area contributed by atoms with E-state index in [0.29, 0.717) is 22.8 Å². The fourth-order valence-electron chi connectivity index (χ4n) is 4.28. The molecule has 3 heterocycles. The van der Waals surface area contributed by atoms with Gasteiger partial charge in [0.1, 0.15) is 6.04 Å². The number of amides is 3. The Morgan fingerprint density at radius 3 is 1.94 bits per heavy atom. The monoisotopic (exact) mass is 456 g/mol. The van der Waals surface area contributed by atoms with Gasteiger partial charge in [0, 0.05) is 31.9 Å². The molecule has 0 saturated carbocycles. The molecule has 2 aromatic carbocycles. The number of para-hydroxylation sites is 1. The quantitative estimate of drug-likeness (QED) is 0.589. The number of nitrogens with one attached hydrogen (secondary N) is 1. The summed E-state index contributed by atoms with van der Waals surface area (Å²) in [6.07, 6.45) is 3.08. The van der Waals surface area contributed by atoms with Crippen LogP contribution in [0.15, 0.2) is 67.0 Å². The van der Waals surface area contributed by atoms with Crippen molar-refractivity contribution in [3.63, 3.8) is 0 Å². The van der Waals surface area contributed by atoms with Gasteiger partial charge in [-0.1, -0.05) is 30.3 Å². The van der Waals surface area contributed by atoms with E-state index in [1.807, 2.05) is 18.2 Å². The van der Waals surface area contributed by atoms with Gasteiger partial charge in [0.25, 0.3) is 11.8 Å². The summed E-state index contributed by atoms with van der Waals surface area (Å²) in [5.41, 5.74) is 2.23. The van der Waals surface area contributed by atoms with E-state index in [1.165, 1.54) is 12.6 Å². The highest BCUT2D eigenvalue weighted by atomic mass is 16.2. The molecule has 9 nitrogen and oxygen atoms in total. The fourth-order valence-corrected chi connectivity index (χ4v) is 4.28. The summed E-state index contributed by atoms with van der Waals surface area (Å²) < 4.78 is 0. The Balaban J connectivity index is 1.19. The third kappa shape index (κ3) is 3.96. The molecule has 1 aromatic heterocycles. The van der Waals surface area contributed by atoms with E-state index in [-0.39, 0.29) is 0 Å². The average molecular weight is 457 g/mol. The largest absolute Gasteiger partial charge is 0.368 e. The highest BCUT2D eigenvalue weighted by Crippen LogP contribution is 2.25. The van der Waals surface area contributed by atoms with Gasteiger partial charge >= 0.3 is 0 Å². The lowest BCUT2D eigenvalue weighted by molar-refractivity contribution is -0.119. The van der Waals surface area contributed by atoms with Crippen molar-refractivity contribution in [2.45, 2.75) is 13.0 Å². The minimum Gasteiger partial charge on any atom is -0.368 e. The third-order valence-corrected chi connectivity index (χ3v) is 6.18. The van der Waals surface area contributed by atoms with Crippen LogP contribution in [0.25, 0.3) is 0 Å². The lowest BCUT2D eigenvalue weighted by Crippen LogP contribution is -2.47. The van der Waals surface area contributed by atoms with E-state index >= 15 is 0 Å². The summed E-state index contributed by atoms with van der Waals surface area (Å²) in [7, 11) is 0. The second-order valence-electron chi connectivity index (χ2n) is 8.27. The molecule has 1 atom stereocenters. The van der Waals surface area contributed by atoms with E-state index < -0.39 is 23.8 Å². The summed E-state index contributed by atoms with van der Waals surface area (Å²) >= 11 is 0. The molecule has 5 rings (SSSR count). The minimum absolute atomic E-state index is 0.312. The maximum Gasteiger partial charge on any atom is 0.262 e. The molecular formula is C25H24N6O3. The van der Waals surface area contributed by atoms with E-state index in [0.717, 1.165) is 31.1 Å². The molecule has 2 aliphatic heterocycles. The van der Waals surface area contributed by atoms with Crippen LogP contribution in [-0.4, -0.2) is 64.8 Å². The molecule has 0 aliphatic carbocycles. The number of hydrogen-bond acceptors (Lipinski definition) is 7. The maximum atomic E-state index is 12.8. The topological polar surface area (TPSA) is 98.7 Å². The number of imide groups is 1. The smallest absolute Gasteiger partial charge is 0.262 e. The van der Waals surface area contributed by atoms with Crippen LogP contribution >= 0.6 is 0 Å². The Kier molecular flexibility index (Phi) is 5.67. The zero-order chi connectivity index (χ0) is 23.7. The average Bonchev–Trinajstić information content (AvgIpc) is 3.14. The zero-order valence-electron chi connectivity index (χ0n) is 18.7. The molecule has 1 N–H and O–H groups in total. The van der Waals surface area contributed by atoms with Crippen molar-refractivity contribution in [3.05, 3.63) is 78.1 Å². The van der Waals surface area contributed by atoms with Crippen molar-refractivity contribution in [2.75, 3.05) is 41.3 Å². The molecule has 0 spiro atoms. The van der Waals surface area contributed by atoms with Crippen LogP contribution in [0.3, 0.4) is 0 Å². The first kappa shape index (κ1) is 21.6. The molecule has 9 heteroatoms. The van der Waals surface area contributed by atoms with Crippen molar-refractivity contribution in [1.82, 2.24) is 14.9 Å². The molecule has 0 radical (unpaired) electrons. The maximum absolute atomic E-state index is 12.8. The molecule has 1 fully saturated rings. The number of fused-ring (bicyclic) bond motifs is 1. The number of rotatable bonds is 5. The molecule has 172 valence electrons. The number of carbonyl (C=O) groups is 3. The highest BCUT2D eigenvalue weighted by molar-refractivity contribution is 6.23. The van der Waals surface area contributed by atoms with Crippen molar-refractivity contribution < 1.29 is 14.4 Å². The lowest BCUT2D eigenvalue weighted by atomic mass is 10.1. The van der Waals surface area contributed by atoms with E-state index in [2.05, 4.69) is 37.2 Å². The van der Waals surface area contributed by atoms with Gasteiger partial charge in [0.15, 0.2) is 0 Å². The second-order valence-corrected chi connectivity index (χ2v) is 8.27. The highest BCUT2D eigenvalue weighted by Gasteiger charge is 2.40. The lowest BCUT2D eigenvalue weighted by Gasteiger charge is -2.36. The third-order valence-electron chi connectivity index (χ3n) is 6.18. The van der Waals surface area contributed by atoms with Gasteiger partial charge in [-0.3, -0.25) is 19.3 Å². The van der Waals surface area contributed by atoms with Crippen LogP contribution in [-0.2, 0) is 4.79 Å². The van der Waals surface area contributed by atoms with Crippen LogP contribution in [0.5, 0.6) is 0 Å². The van der Waals surface area contributed by atoms with Crippen LogP contribution in [0, 0.1) is 0 Å². The SMILES string of the molecule is CC(C(=O)Nc1cnc(N2CCN(c3ccccc3)CC2)nc1)N1C(=O)c2ccccc2C1=O. The van der Waals surface area contributed by atoms with Crippen molar-refractivity contribution in [2.24, 2.45) is 0 Å². The van der Waals surface area contributed by atoms with Crippen LogP contribution in [0.1, 0.15) is 27.6 Å². The Morgan fingerprint density at radius 1 is 0.824 bits per heavy atom. The molecule has 3 aromatic rings. The molecule has 2 aliphatic rings. The number of benzene rings is 2.